The Morgan fingerprint density at radius 3 is 2.58 bits per heavy atom. The van der Waals surface area contributed by atoms with E-state index in [1.54, 1.807) is 29.8 Å². The number of nitrogens with zero attached hydrogens (tertiary/aromatic N) is 2. The third kappa shape index (κ3) is 6.14. The fraction of sp³-hybridized carbons (Fsp3) is 0.200. The van der Waals surface area contributed by atoms with Crippen LogP contribution in [0.4, 0.5) is 29.7 Å². The maximum absolute atomic E-state index is 12.6. The van der Waals surface area contributed by atoms with Crippen LogP contribution < -0.4 is 14.4 Å². The number of halogens is 3. The monoisotopic (exact) mass is 501 g/mol. The van der Waals surface area contributed by atoms with E-state index in [2.05, 4.69) is 20.7 Å². The Bertz CT molecular complexity index is 1230. The molecule has 0 saturated heterocycles. The van der Waals surface area contributed by atoms with E-state index in [1.165, 1.54) is 16.9 Å². The molecule has 0 bridgehead atoms. The molecule has 0 unspecified atom stereocenters. The number of aliphatic carboxylic acids is 1. The lowest BCUT2D eigenvalue weighted by molar-refractivity contribution is -0.192. The molecule has 0 radical (unpaired) electrons. The summed E-state index contributed by atoms with van der Waals surface area (Å²) in [4.78, 5) is 15.1. The van der Waals surface area contributed by atoms with Crippen molar-refractivity contribution >= 4 is 43.8 Å². The van der Waals surface area contributed by atoms with Crippen molar-refractivity contribution in [1.29, 1.82) is 0 Å². The van der Waals surface area contributed by atoms with Crippen LogP contribution in [-0.2, 0) is 14.8 Å². The van der Waals surface area contributed by atoms with Crippen molar-refractivity contribution in [3.8, 4) is 5.75 Å². The van der Waals surface area contributed by atoms with Gasteiger partial charge in [-0.3, -0.25) is 4.72 Å². The molecule has 1 aliphatic heterocycles. The number of ether oxygens (including phenoxy) is 1. The molecule has 3 aromatic rings. The Morgan fingerprint density at radius 2 is 1.97 bits per heavy atom. The first kappa shape index (κ1) is 24.3. The fourth-order valence-electron chi connectivity index (χ4n) is 2.88. The predicted octanol–water partition coefficient (Wildman–Crippen LogP) is 4.42. The second-order valence-corrected chi connectivity index (χ2v) is 9.29. The lowest BCUT2D eigenvalue weighted by Gasteiger charge is -2.31. The summed E-state index contributed by atoms with van der Waals surface area (Å²) in [6.07, 6.45) is -3.53. The maximum atomic E-state index is 12.6. The van der Waals surface area contributed by atoms with E-state index in [4.69, 9.17) is 14.6 Å². The number of alkyl halides is 3. The third-order valence-electron chi connectivity index (χ3n) is 4.31. The number of rotatable bonds is 4. The van der Waals surface area contributed by atoms with Gasteiger partial charge in [0.25, 0.3) is 10.0 Å². The molecule has 33 heavy (non-hydrogen) atoms. The van der Waals surface area contributed by atoms with Gasteiger partial charge in [-0.05, 0) is 36.8 Å². The topological polar surface area (TPSA) is 109 Å². The van der Waals surface area contributed by atoms with E-state index in [0.717, 1.165) is 11.4 Å². The zero-order valence-corrected chi connectivity index (χ0v) is 18.7. The van der Waals surface area contributed by atoms with E-state index in [9.17, 15) is 21.6 Å². The number of hydrogen-bond donors (Lipinski definition) is 2. The number of carboxylic acids is 1. The first-order valence-electron chi connectivity index (χ1n) is 9.31. The maximum Gasteiger partial charge on any atom is 0.490 e. The molecule has 8 nitrogen and oxygen atoms in total. The molecule has 1 aliphatic rings. The lowest BCUT2D eigenvalue weighted by Crippen LogP contribution is -2.28. The number of aryl methyl sites for hydroxylation is 1. The van der Waals surface area contributed by atoms with Crippen LogP contribution in [0, 0.1) is 6.92 Å². The second kappa shape index (κ2) is 9.67. The standard InChI is InChI=1S/C18H17N3O3S2.C2HF3O2/c1-13-3-2-4-14(11-13)21-8-9-24-17-12-15(5-6-16(17)21)26(22,23)20-18-19-7-10-25-18;3-2(4,5)1(6)7/h2-7,10-12H,8-9H2,1H3,(H,19,20);(H,6,7). The summed E-state index contributed by atoms with van der Waals surface area (Å²) in [7, 11) is -3.71. The highest BCUT2D eigenvalue weighted by Crippen LogP contribution is 2.38. The van der Waals surface area contributed by atoms with E-state index < -0.39 is 22.2 Å². The van der Waals surface area contributed by atoms with Crippen LogP contribution in [0.3, 0.4) is 0 Å². The molecule has 4 rings (SSSR count). The number of carboxylic acid groups (broad SMARTS) is 1. The van der Waals surface area contributed by atoms with Crippen molar-refractivity contribution in [1.82, 2.24) is 4.98 Å². The number of sulfonamides is 1. The molecule has 0 saturated carbocycles. The van der Waals surface area contributed by atoms with Crippen LogP contribution in [-0.4, -0.2) is 43.8 Å². The summed E-state index contributed by atoms with van der Waals surface area (Å²) in [5, 5.41) is 9.18. The molecule has 0 aliphatic carbocycles. The van der Waals surface area contributed by atoms with Crippen LogP contribution in [0.15, 0.2) is 58.9 Å². The van der Waals surface area contributed by atoms with Crippen LogP contribution in [0.1, 0.15) is 5.56 Å². The van der Waals surface area contributed by atoms with Gasteiger partial charge in [-0.25, -0.2) is 18.2 Å². The van der Waals surface area contributed by atoms with Crippen molar-refractivity contribution in [3.05, 3.63) is 59.6 Å². The molecule has 2 heterocycles. The first-order chi connectivity index (χ1) is 15.5. The molecule has 0 atom stereocenters. The Kier molecular flexibility index (Phi) is 7.12. The van der Waals surface area contributed by atoms with Gasteiger partial charge < -0.3 is 14.7 Å². The normalized spacial score (nSPS) is 13.3. The van der Waals surface area contributed by atoms with Gasteiger partial charge in [0, 0.05) is 23.3 Å². The predicted molar refractivity (Wildman–Crippen MR) is 117 cm³/mol. The van der Waals surface area contributed by atoms with Crippen molar-refractivity contribution in [2.24, 2.45) is 0 Å². The van der Waals surface area contributed by atoms with Gasteiger partial charge in [-0.15, -0.1) is 11.3 Å². The Balaban J connectivity index is 0.000000383. The van der Waals surface area contributed by atoms with Gasteiger partial charge in [0.05, 0.1) is 17.1 Å². The summed E-state index contributed by atoms with van der Waals surface area (Å²) >= 11 is 1.23. The molecular weight excluding hydrogens is 483 g/mol. The van der Waals surface area contributed by atoms with Crippen LogP contribution in [0.5, 0.6) is 5.75 Å². The Morgan fingerprint density at radius 1 is 1.24 bits per heavy atom. The number of nitrogens with one attached hydrogen (secondary N) is 1. The van der Waals surface area contributed by atoms with Gasteiger partial charge >= 0.3 is 12.1 Å². The molecule has 0 amide bonds. The first-order valence-corrected chi connectivity index (χ1v) is 11.7. The number of fused-ring (bicyclic) bond motifs is 1. The molecular formula is C20H18F3N3O5S2. The number of aromatic nitrogens is 1. The fourth-order valence-corrected chi connectivity index (χ4v) is 4.68. The number of hydrogen-bond acceptors (Lipinski definition) is 7. The summed E-state index contributed by atoms with van der Waals surface area (Å²) < 4.78 is 65.1. The molecule has 2 aromatic carbocycles. The molecule has 2 N–H and O–H groups in total. The van der Waals surface area contributed by atoms with E-state index in [0.29, 0.717) is 24.0 Å². The van der Waals surface area contributed by atoms with Gasteiger partial charge in [0.1, 0.15) is 12.4 Å². The summed E-state index contributed by atoms with van der Waals surface area (Å²) in [5.74, 6) is -2.20. The van der Waals surface area contributed by atoms with Gasteiger partial charge in [-0.1, -0.05) is 12.1 Å². The van der Waals surface area contributed by atoms with Crippen molar-refractivity contribution in [2.75, 3.05) is 22.8 Å². The van der Waals surface area contributed by atoms with Gasteiger partial charge in [0.15, 0.2) is 5.13 Å². The highest BCUT2D eigenvalue weighted by Gasteiger charge is 2.38. The van der Waals surface area contributed by atoms with E-state index in [-0.39, 0.29) is 4.90 Å². The van der Waals surface area contributed by atoms with E-state index >= 15 is 0 Å². The average Bonchev–Trinajstić information content (AvgIpc) is 3.25. The zero-order valence-electron chi connectivity index (χ0n) is 17.0. The Hall–Kier alpha value is -3.32. The largest absolute Gasteiger partial charge is 0.490 e. The molecule has 0 fully saturated rings. The number of thiazole rings is 1. The van der Waals surface area contributed by atoms with E-state index in [1.807, 2.05) is 25.1 Å². The van der Waals surface area contributed by atoms with Crippen LogP contribution >= 0.6 is 11.3 Å². The van der Waals surface area contributed by atoms with Gasteiger partial charge in [-0.2, -0.15) is 13.2 Å². The highest BCUT2D eigenvalue weighted by atomic mass is 32.2. The number of carbonyl (C=O) groups is 1. The van der Waals surface area contributed by atoms with Crippen molar-refractivity contribution < 1.29 is 36.2 Å². The molecule has 13 heteroatoms. The lowest BCUT2D eigenvalue weighted by atomic mass is 10.1. The van der Waals surface area contributed by atoms with Crippen molar-refractivity contribution in [3.63, 3.8) is 0 Å². The van der Waals surface area contributed by atoms with Crippen molar-refractivity contribution in [2.45, 2.75) is 18.0 Å². The third-order valence-corrected chi connectivity index (χ3v) is 6.47. The quantitative estimate of drug-likeness (QED) is 0.545. The number of anilines is 3. The Labute approximate surface area is 191 Å². The van der Waals surface area contributed by atoms with Crippen LogP contribution in [0.25, 0.3) is 0 Å². The molecule has 1 aromatic heterocycles. The molecule has 0 spiro atoms. The highest BCUT2D eigenvalue weighted by molar-refractivity contribution is 7.93. The summed E-state index contributed by atoms with van der Waals surface area (Å²) in [6, 6.07) is 13.1. The summed E-state index contributed by atoms with van der Waals surface area (Å²) in [6.45, 7) is 3.25. The smallest absolute Gasteiger partial charge is 0.489 e. The SMILES string of the molecule is Cc1cccc(N2CCOc3cc(S(=O)(=O)Nc4nccs4)ccc32)c1.O=C(O)C(F)(F)F. The second-order valence-electron chi connectivity index (χ2n) is 6.71. The van der Waals surface area contributed by atoms with Crippen LogP contribution in [0.2, 0.25) is 0 Å². The molecule has 176 valence electrons. The minimum Gasteiger partial charge on any atom is -0.489 e. The minimum atomic E-state index is -5.08. The average molecular weight is 502 g/mol. The minimum absolute atomic E-state index is 0.151. The van der Waals surface area contributed by atoms with Gasteiger partial charge in [0.2, 0.25) is 0 Å². The summed E-state index contributed by atoms with van der Waals surface area (Å²) in [5.41, 5.74) is 3.09. The zero-order chi connectivity index (χ0) is 24.2. The number of benzene rings is 2.